The van der Waals surface area contributed by atoms with Crippen molar-refractivity contribution in [2.75, 3.05) is 19.7 Å². The van der Waals surface area contributed by atoms with Crippen molar-refractivity contribution in [3.63, 3.8) is 0 Å². The molecule has 0 saturated carbocycles. The van der Waals surface area contributed by atoms with Gasteiger partial charge in [-0.2, -0.15) is 0 Å². The Morgan fingerprint density at radius 2 is 2.24 bits per heavy atom. The maximum Gasteiger partial charge on any atom is 0.134 e. The van der Waals surface area contributed by atoms with Crippen molar-refractivity contribution in [3.8, 4) is 5.75 Å². The van der Waals surface area contributed by atoms with Crippen LogP contribution in [0.25, 0.3) is 5.57 Å². The first-order valence-electron chi connectivity index (χ1n) is 5.63. The van der Waals surface area contributed by atoms with E-state index in [4.69, 9.17) is 4.74 Å². The van der Waals surface area contributed by atoms with Crippen LogP contribution < -0.4 is 10.1 Å². The summed E-state index contributed by atoms with van der Waals surface area (Å²) in [5, 5.41) is 3.21. The van der Waals surface area contributed by atoms with Crippen LogP contribution in [0.15, 0.2) is 24.3 Å². The van der Waals surface area contributed by atoms with Gasteiger partial charge in [-0.3, -0.25) is 0 Å². The van der Waals surface area contributed by atoms with Crippen LogP contribution in [0.3, 0.4) is 0 Å². The summed E-state index contributed by atoms with van der Waals surface area (Å²) in [5.41, 5.74) is 1.78. The molecule has 17 heavy (non-hydrogen) atoms. The highest BCUT2D eigenvalue weighted by atomic mass is 35.5. The zero-order valence-corrected chi connectivity index (χ0v) is 10.6. The van der Waals surface area contributed by atoms with Crippen LogP contribution in [0, 0.1) is 5.82 Å². The number of ether oxygens (including phenoxy) is 1. The van der Waals surface area contributed by atoms with Gasteiger partial charge in [-0.05, 0) is 37.6 Å². The van der Waals surface area contributed by atoms with Gasteiger partial charge >= 0.3 is 0 Å². The normalized spacial score (nSPS) is 14.8. The molecule has 1 aromatic rings. The highest BCUT2D eigenvalue weighted by molar-refractivity contribution is 5.85. The molecule has 0 aliphatic carbocycles. The molecule has 0 radical (unpaired) electrons. The predicted octanol–water partition coefficient (Wildman–Crippen LogP) is 3.02. The molecule has 2 rings (SSSR count). The lowest BCUT2D eigenvalue weighted by Crippen LogP contribution is -2.20. The number of hydrogen-bond acceptors (Lipinski definition) is 2. The SMILES string of the molecule is CCOc1ccc(C2=CCNCC2)c(F)c1.Cl. The molecule has 2 nitrogen and oxygen atoms in total. The van der Waals surface area contributed by atoms with E-state index in [-0.39, 0.29) is 18.2 Å². The zero-order chi connectivity index (χ0) is 11.4. The van der Waals surface area contributed by atoms with Crippen LogP contribution in [0.2, 0.25) is 0 Å². The van der Waals surface area contributed by atoms with E-state index in [1.165, 1.54) is 6.07 Å². The first-order valence-corrected chi connectivity index (χ1v) is 5.63. The molecule has 1 aliphatic rings. The van der Waals surface area contributed by atoms with E-state index in [0.717, 1.165) is 25.1 Å². The second-order valence-corrected chi connectivity index (χ2v) is 3.76. The smallest absolute Gasteiger partial charge is 0.134 e. The van der Waals surface area contributed by atoms with Crippen molar-refractivity contribution in [2.24, 2.45) is 0 Å². The third kappa shape index (κ3) is 3.45. The number of rotatable bonds is 3. The van der Waals surface area contributed by atoms with Gasteiger partial charge in [0.2, 0.25) is 0 Å². The largest absolute Gasteiger partial charge is 0.494 e. The van der Waals surface area contributed by atoms with Gasteiger partial charge in [0.25, 0.3) is 0 Å². The lowest BCUT2D eigenvalue weighted by atomic mass is 10.00. The zero-order valence-electron chi connectivity index (χ0n) is 9.83. The third-order valence-corrected chi connectivity index (χ3v) is 2.66. The van der Waals surface area contributed by atoms with Gasteiger partial charge in [-0.1, -0.05) is 6.08 Å². The monoisotopic (exact) mass is 257 g/mol. The summed E-state index contributed by atoms with van der Waals surface area (Å²) >= 11 is 0. The topological polar surface area (TPSA) is 21.3 Å². The quantitative estimate of drug-likeness (QED) is 0.899. The maximum absolute atomic E-state index is 13.8. The molecule has 0 fully saturated rings. The van der Waals surface area contributed by atoms with Crippen LogP contribution in [-0.4, -0.2) is 19.7 Å². The van der Waals surface area contributed by atoms with Crippen LogP contribution in [0.5, 0.6) is 5.75 Å². The standard InChI is InChI=1S/C13H16FNO.ClH/c1-2-16-11-3-4-12(13(14)9-11)10-5-7-15-8-6-10;/h3-5,9,15H,2,6-8H2,1H3;1H. The highest BCUT2D eigenvalue weighted by Crippen LogP contribution is 2.25. The summed E-state index contributed by atoms with van der Waals surface area (Å²) in [7, 11) is 0. The Kier molecular flexibility index (Phi) is 5.45. The van der Waals surface area contributed by atoms with E-state index < -0.39 is 0 Å². The Balaban J connectivity index is 0.00000144. The summed E-state index contributed by atoms with van der Waals surface area (Å²) in [6, 6.07) is 5.09. The van der Waals surface area contributed by atoms with Crippen LogP contribution in [-0.2, 0) is 0 Å². The number of nitrogens with one attached hydrogen (secondary N) is 1. The second-order valence-electron chi connectivity index (χ2n) is 3.76. The first kappa shape index (κ1) is 14.0. The van der Waals surface area contributed by atoms with Gasteiger partial charge in [0.05, 0.1) is 6.61 Å². The van der Waals surface area contributed by atoms with E-state index in [0.29, 0.717) is 17.9 Å². The highest BCUT2D eigenvalue weighted by Gasteiger charge is 2.11. The van der Waals surface area contributed by atoms with Gasteiger partial charge in [0, 0.05) is 18.2 Å². The van der Waals surface area contributed by atoms with E-state index >= 15 is 0 Å². The maximum atomic E-state index is 13.8. The molecule has 0 unspecified atom stereocenters. The summed E-state index contributed by atoms with van der Waals surface area (Å²) < 4.78 is 19.1. The van der Waals surface area contributed by atoms with Gasteiger partial charge in [0.15, 0.2) is 0 Å². The number of halogens is 2. The molecule has 0 bridgehead atoms. The molecular formula is C13H17ClFNO. The fraction of sp³-hybridized carbons (Fsp3) is 0.385. The Labute approximate surface area is 107 Å². The molecule has 1 N–H and O–H groups in total. The minimum Gasteiger partial charge on any atom is -0.494 e. The van der Waals surface area contributed by atoms with Gasteiger partial charge in [-0.15, -0.1) is 12.4 Å². The third-order valence-electron chi connectivity index (χ3n) is 2.66. The lowest BCUT2D eigenvalue weighted by molar-refractivity contribution is 0.338. The van der Waals surface area contributed by atoms with E-state index in [9.17, 15) is 4.39 Å². The molecule has 0 spiro atoms. The Morgan fingerprint density at radius 3 is 2.82 bits per heavy atom. The molecule has 4 heteroatoms. The van der Waals surface area contributed by atoms with Crippen molar-refractivity contribution in [1.29, 1.82) is 0 Å². The van der Waals surface area contributed by atoms with Gasteiger partial charge in [-0.25, -0.2) is 4.39 Å². The molecule has 0 aromatic heterocycles. The molecule has 1 aromatic carbocycles. The van der Waals surface area contributed by atoms with E-state index in [1.54, 1.807) is 6.07 Å². The lowest BCUT2D eigenvalue weighted by Gasteiger charge is -2.15. The second kappa shape index (κ2) is 6.62. The predicted molar refractivity (Wildman–Crippen MR) is 70.3 cm³/mol. The van der Waals surface area contributed by atoms with Crippen LogP contribution in [0.1, 0.15) is 18.9 Å². The molecule has 1 heterocycles. The fourth-order valence-electron chi connectivity index (χ4n) is 1.88. The first-order chi connectivity index (χ1) is 7.81. The molecule has 0 amide bonds. The van der Waals surface area contributed by atoms with Crippen molar-refractivity contribution >= 4 is 18.0 Å². The van der Waals surface area contributed by atoms with Crippen LogP contribution >= 0.6 is 12.4 Å². The van der Waals surface area contributed by atoms with Crippen molar-refractivity contribution in [1.82, 2.24) is 5.32 Å². The van der Waals surface area contributed by atoms with Crippen molar-refractivity contribution < 1.29 is 9.13 Å². The fourth-order valence-corrected chi connectivity index (χ4v) is 1.88. The number of hydrogen-bond donors (Lipinski definition) is 1. The number of benzene rings is 1. The van der Waals surface area contributed by atoms with E-state index in [2.05, 4.69) is 5.32 Å². The van der Waals surface area contributed by atoms with Gasteiger partial charge < -0.3 is 10.1 Å². The molecular weight excluding hydrogens is 241 g/mol. The van der Waals surface area contributed by atoms with Crippen molar-refractivity contribution in [2.45, 2.75) is 13.3 Å². The average Bonchev–Trinajstić information content (AvgIpc) is 2.31. The Hall–Kier alpha value is -1.06. The molecule has 1 aliphatic heterocycles. The Morgan fingerprint density at radius 1 is 1.41 bits per heavy atom. The molecule has 0 atom stereocenters. The van der Waals surface area contributed by atoms with Crippen molar-refractivity contribution in [3.05, 3.63) is 35.7 Å². The van der Waals surface area contributed by atoms with Gasteiger partial charge in [0.1, 0.15) is 11.6 Å². The minimum atomic E-state index is -0.195. The molecule has 94 valence electrons. The average molecular weight is 258 g/mol. The Bertz CT molecular complexity index is 406. The summed E-state index contributed by atoms with van der Waals surface area (Å²) in [4.78, 5) is 0. The minimum absolute atomic E-state index is 0. The summed E-state index contributed by atoms with van der Waals surface area (Å²) in [5.74, 6) is 0.400. The summed E-state index contributed by atoms with van der Waals surface area (Å²) in [6.45, 7) is 4.19. The van der Waals surface area contributed by atoms with E-state index in [1.807, 2.05) is 19.1 Å². The van der Waals surface area contributed by atoms with Crippen LogP contribution in [0.4, 0.5) is 4.39 Å². The molecule has 0 saturated heterocycles. The summed E-state index contributed by atoms with van der Waals surface area (Å²) in [6.07, 6.45) is 2.92.